The number of nitrogens with zero attached hydrogens (tertiary/aromatic N) is 1. The number of nitrogens with one attached hydrogen (secondary N) is 5. The Morgan fingerprint density at radius 3 is 1.99 bits per heavy atom. The molecule has 11 bridgehead atoms. The first-order chi connectivity index (χ1) is 58.9. The van der Waals surface area contributed by atoms with Gasteiger partial charge in [-0.25, -0.2) is 4.79 Å². The van der Waals surface area contributed by atoms with E-state index in [1.54, 1.807) is 0 Å². The van der Waals surface area contributed by atoms with Gasteiger partial charge in [0.2, 0.25) is 41.6 Å². The molecule has 0 saturated carbocycles. The van der Waals surface area contributed by atoms with Crippen molar-refractivity contribution in [2.45, 2.75) is 213 Å². The smallest absolute Gasteiger partial charge is 0.330 e. The van der Waals surface area contributed by atoms with Gasteiger partial charge < -0.3 is 142 Å². The molecule has 2 unspecified atom stereocenters. The van der Waals surface area contributed by atoms with E-state index in [-0.39, 0.29) is 52.6 Å². The number of rotatable bonds is 20. The van der Waals surface area contributed by atoms with Crippen molar-refractivity contribution >= 4 is 70.3 Å². The number of aliphatic hydroxyl groups excluding tert-OH is 8. The number of fused-ring (bicyclic) bond motifs is 15. The lowest BCUT2D eigenvalue weighted by Gasteiger charge is -2.46. The van der Waals surface area contributed by atoms with E-state index in [1.807, 2.05) is 67.2 Å². The molecule has 6 aromatic carbocycles. The molecule has 9 heterocycles. The zero-order valence-corrected chi connectivity index (χ0v) is 69.0. The number of ketones is 2. The van der Waals surface area contributed by atoms with Crippen LogP contribution in [0, 0.1) is 11.8 Å². The highest BCUT2D eigenvalue weighted by molar-refractivity contribution is 6.32. The highest BCUT2D eigenvalue weighted by Gasteiger charge is 2.53. The monoisotopic (exact) mass is 1760 g/mol. The molecule has 8 aliphatic rings. The largest absolute Gasteiger partial charge is 0.508 e. The number of aliphatic carboxylic acids is 1. The van der Waals surface area contributed by atoms with E-state index in [2.05, 4.69) is 26.6 Å². The standard InChI is InChI=1S/C86H98Cl2N8O28/c1-36(2)22-51(91-5)81(113)94-67-54(101)27-43(30-62(89)103)79(111)92-65-42-28-59(118-56-18-15-40(69(67)104)25-49(56)87)76(123-85-74(109)72(107)77(61(35-97)121-85)124-84-73(108)71(106)70(105)58(120-84)13-9-11-38-10-8-12-44(23-38)96-20-6-7-21-96)60(29-42)119-57-19-16-41(26-50(57)88)75(122-63-34-86(4,90)78(110)37(3)117-63)68-82(114)93-66(83(115)116)48-31-45(98)32-53(100)64(48)47-24-39(14-17-52(47)99)46(33-55(65)102)80(112)95-68/h6-8,10,12,14-21,23-26,28-29,31-32,36-37,43,46,51,58,61,63,65-75,77-78,84-85,91,97-100,104-110H,9,11,13,22,27,30,33-35,90H2,1-5H3,(H2,89,103)(H,92,111)(H,93,114)(H,94,113)(H,95,112)(H,115,116)/t37-,43-,46+,51+,58+,61+,63?,65+,66+,67?,68-,69+,70-,71-,72+,73+,74+,75+,77+,78-,84-,85-,86-/m0/s1. The second-order valence-electron chi connectivity index (χ2n) is 32.6. The summed E-state index contributed by atoms with van der Waals surface area (Å²) in [6.45, 7) is 5.52. The topological polar surface area (TPSA) is 570 Å². The zero-order valence-electron chi connectivity index (χ0n) is 67.5. The van der Waals surface area contributed by atoms with Gasteiger partial charge in [-0.2, -0.15) is 0 Å². The molecule has 21 N–H and O–H groups in total. The Bertz CT molecular complexity index is 5160. The van der Waals surface area contributed by atoms with Crippen LogP contribution in [-0.2, 0) is 68.5 Å². The third-order valence-corrected chi connectivity index (χ3v) is 23.6. The summed E-state index contributed by atoms with van der Waals surface area (Å²) in [7, 11) is 1.48. The number of phenolic OH excluding ortho intramolecular Hbond substituents is 3. The molecule has 0 aliphatic carbocycles. The van der Waals surface area contributed by atoms with E-state index in [1.165, 1.54) is 51.2 Å². The fourth-order valence-corrected chi connectivity index (χ4v) is 16.9. The van der Waals surface area contributed by atoms with Gasteiger partial charge in [0, 0.05) is 72.1 Å². The number of nitrogens with two attached hydrogens (primary N) is 2. The van der Waals surface area contributed by atoms with Crippen molar-refractivity contribution in [2.24, 2.45) is 23.3 Å². The van der Waals surface area contributed by atoms with Crippen LogP contribution in [0.4, 0.5) is 0 Å². The lowest BCUT2D eigenvalue weighted by molar-refractivity contribution is -0.351. The average Bonchev–Trinajstić information content (AvgIpc) is 0.876. The van der Waals surface area contributed by atoms with Gasteiger partial charge in [-0.3, -0.25) is 33.6 Å². The van der Waals surface area contributed by atoms with Crippen LogP contribution in [0.15, 0.2) is 128 Å². The predicted molar refractivity (Wildman–Crippen MR) is 436 cm³/mol. The number of hydrogen-bond donors (Lipinski definition) is 19. The third kappa shape index (κ3) is 19.8. The maximum atomic E-state index is 16.6. The van der Waals surface area contributed by atoms with Gasteiger partial charge in [0.1, 0.15) is 102 Å². The number of hydrogen-bond acceptors (Lipinski definition) is 29. The van der Waals surface area contributed by atoms with Crippen LogP contribution < -0.4 is 52.3 Å². The van der Waals surface area contributed by atoms with Gasteiger partial charge >= 0.3 is 5.97 Å². The highest BCUT2D eigenvalue weighted by atomic mass is 35.5. The number of halogens is 2. The van der Waals surface area contributed by atoms with Crippen molar-refractivity contribution in [3.63, 3.8) is 0 Å². The molecule has 23 atom stereocenters. The number of carboxylic acid groups (broad SMARTS) is 1. The number of benzene rings is 6. The van der Waals surface area contributed by atoms with Crippen LogP contribution in [-0.4, -0.2) is 230 Å². The number of carbonyl (C=O) groups excluding carboxylic acids is 7. The molecule has 8 aliphatic heterocycles. The minimum Gasteiger partial charge on any atom is -0.508 e. The number of aromatic nitrogens is 1. The molecule has 3 fully saturated rings. The highest BCUT2D eigenvalue weighted by Crippen LogP contribution is 2.51. The summed E-state index contributed by atoms with van der Waals surface area (Å²) in [6, 6.07) is 15.9. The fraction of sp³-hybridized carbons (Fsp3) is 0.442. The Morgan fingerprint density at radius 2 is 1.35 bits per heavy atom. The second-order valence-corrected chi connectivity index (χ2v) is 33.4. The predicted octanol–water partition coefficient (Wildman–Crippen LogP) is 3.73. The van der Waals surface area contributed by atoms with Gasteiger partial charge in [-0.05, 0) is 159 Å². The first-order valence-electron chi connectivity index (χ1n) is 40.2. The minimum atomic E-state index is -2.33. The normalized spacial score (nSPS) is 30.0. The summed E-state index contributed by atoms with van der Waals surface area (Å²) in [4.78, 5) is 121. The van der Waals surface area contributed by atoms with Crippen molar-refractivity contribution in [1.29, 1.82) is 0 Å². The molecule has 36 nitrogen and oxygen atoms in total. The Labute approximate surface area is 719 Å². The van der Waals surface area contributed by atoms with Crippen molar-refractivity contribution in [2.75, 3.05) is 13.7 Å². The van der Waals surface area contributed by atoms with E-state index >= 15 is 24.0 Å². The summed E-state index contributed by atoms with van der Waals surface area (Å²) in [5.74, 6) is -19.2. The molecule has 664 valence electrons. The van der Waals surface area contributed by atoms with E-state index in [4.69, 9.17) is 72.6 Å². The van der Waals surface area contributed by atoms with Crippen molar-refractivity contribution in [3.8, 4) is 62.8 Å². The van der Waals surface area contributed by atoms with E-state index < -0.39 is 280 Å². The first-order valence-corrected chi connectivity index (χ1v) is 40.9. The first kappa shape index (κ1) is 91.2. The maximum Gasteiger partial charge on any atom is 0.330 e. The van der Waals surface area contributed by atoms with Crippen LogP contribution in [0.2, 0.25) is 10.0 Å². The molecule has 7 aromatic rings. The summed E-state index contributed by atoms with van der Waals surface area (Å²) in [6.07, 6.45) is -25.7. The Kier molecular flexibility index (Phi) is 28.1. The SMILES string of the molecule is CN[C@H](CC(C)C)C(=O)NC1C(=O)C[C@@H](CC(N)=O)C(=O)N[C@H]2C(=O)C[C@H]3C(=O)N[C@H](C(=O)N[C@@H](C(=O)O)c4cc(O)cc(O)c4-c4cc3ccc4O)[C@H](OC3C[C@](C)(N)[C@@H](O)[C@H](C)O3)c3ccc(c(Cl)c3)Oc3cc2cc(c3O[C@@H]2O[C@H](CO)[C@@H](O[C@@H]3O[C@H](CCCc4cccc(-n5cccc5)c4)[C@H](O)[C@H](O)[C@H]3O)[C@H](O)[C@H]2O)Oc2ccc(cc2Cl)[C@H]1O. The van der Waals surface area contributed by atoms with Crippen LogP contribution in [0.3, 0.4) is 0 Å². The molecule has 1 aromatic heterocycles. The van der Waals surface area contributed by atoms with Gasteiger partial charge in [-0.15, -0.1) is 0 Å². The number of primary amides is 1. The van der Waals surface area contributed by atoms with Gasteiger partial charge in [0.25, 0.3) is 0 Å². The molecule has 38 heteroatoms. The molecular weight excluding hydrogens is 1660 g/mol. The number of aryl methyl sites for hydroxylation is 1. The molecule has 3 saturated heterocycles. The van der Waals surface area contributed by atoms with Crippen molar-refractivity contribution < 1.29 is 138 Å². The number of carbonyl (C=O) groups is 8. The number of phenols is 3. The van der Waals surface area contributed by atoms with Crippen LogP contribution in [0.25, 0.3) is 16.8 Å². The number of amides is 5. The molecular formula is C86H98Cl2N8O28. The lowest BCUT2D eigenvalue weighted by atomic mass is 9.84. The van der Waals surface area contributed by atoms with E-state index in [0.29, 0.717) is 12.8 Å². The number of likely N-dealkylation sites (N-methyl/N-ethyl adjacent to an activating group) is 1. The second kappa shape index (κ2) is 38.2. The van der Waals surface area contributed by atoms with E-state index in [9.17, 15) is 75.7 Å². The third-order valence-electron chi connectivity index (χ3n) is 23.1. The van der Waals surface area contributed by atoms with Crippen molar-refractivity contribution in [1.82, 2.24) is 31.2 Å². The summed E-state index contributed by atoms with van der Waals surface area (Å²) < 4.78 is 53.5. The molecule has 0 radical (unpaired) electrons. The average molecular weight is 1760 g/mol. The molecule has 0 spiro atoms. The zero-order chi connectivity index (χ0) is 89.4. The molecule has 15 rings (SSSR count). The Hall–Kier alpha value is -10.5. The number of aromatic hydroxyl groups is 3. The lowest BCUT2D eigenvalue weighted by Crippen LogP contribution is -2.64. The number of aliphatic hydroxyl groups is 8. The Morgan fingerprint density at radius 1 is 0.685 bits per heavy atom. The quantitative estimate of drug-likeness (QED) is 0.0517. The van der Waals surface area contributed by atoms with E-state index in [0.717, 1.165) is 59.8 Å². The Balaban J connectivity index is 0.975. The van der Waals surface area contributed by atoms with Gasteiger partial charge in [0.15, 0.2) is 41.7 Å². The summed E-state index contributed by atoms with van der Waals surface area (Å²) in [5.41, 5.74) is 10.3. The molecule has 5 amide bonds. The number of Topliss-reactive ketones (excluding diaryl/α,β-unsaturated/α-hetero) is 2. The van der Waals surface area contributed by atoms with Crippen molar-refractivity contribution in [3.05, 3.63) is 171 Å². The molecule has 124 heavy (non-hydrogen) atoms. The summed E-state index contributed by atoms with van der Waals surface area (Å²) >= 11 is 14.5. The van der Waals surface area contributed by atoms with Gasteiger partial charge in [-0.1, -0.05) is 67.4 Å². The van der Waals surface area contributed by atoms with Crippen LogP contribution >= 0.6 is 23.2 Å². The number of carboxylic acids is 1. The van der Waals surface area contributed by atoms with Gasteiger partial charge in [0.05, 0.1) is 52.8 Å². The van der Waals surface area contributed by atoms with Crippen LogP contribution in [0.1, 0.15) is 136 Å². The van der Waals surface area contributed by atoms with Crippen LogP contribution in [0.5, 0.6) is 46.0 Å². The number of ether oxygens (including phenoxy) is 8. The fourth-order valence-electron chi connectivity index (χ4n) is 16.5. The minimum absolute atomic E-state index is 0.0920. The maximum absolute atomic E-state index is 16.6. The summed E-state index contributed by atoms with van der Waals surface area (Å²) in [5, 5.41) is 152.